The first-order valence-corrected chi connectivity index (χ1v) is 7.38. The van der Waals surface area contributed by atoms with Gasteiger partial charge < -0.3 is 5.32 Å². The number of nitrogens with zero attached hydrogens (tertiary/aromatic N) is 1. The standard InChI is InChI=1S/C16H26N2/c1-2-18(13-15-9-5-3-6-10-15)14-16-11-7-4-8-12-17-16/h3,5-6,9-10,16-17H,2,4,7-8,11-14H2,1H3. The number of rotatable bonds is 5. The van der Waals surface area contributed by atoms with Crippen molar-refractivity contribution < 1.29 is 0 Å². The molecule has 100 valence electrons. The van der Waals surface area contributed by atoms with Crippen molar-refractivity contribution in [3.8, 4) is 0 Å². The molecule has 0 amide bonds. The Hall–Kier alpha value is -0.860. The van der Waals surface area contributed by atoms with E-state index < -0.39 is 0 Å². The van der Waals surface area contributed by atoms with Crippen LogP contribution in [0.15, 0.2) is 30.3 Å². The topological polar surface area (TPSA) is 15.3 Å². The first kappa shape index (κ1) is 13.6. The number of likely N-dealkylation sites (N-methyl/N-ethyl adjacent to an activating group) is 1. The second kappa shape index (κ2) is 7.55. The fraction of sp³-hybridized carbons (Fsp3) is 0.625. The van der Waals surface area contributed by atoms with E-state index in [2.05, 4.69) is 47.5 Å². The summed E-state index contributed by atoms with van der Waals surface area (Å²) in [6.45, 7) is 6.86. The summed E-state index contributed by atoms with van der Waals surface area (Å²) in [4.78, 5) is 2.55. The third kappa shape index (κ3) is 4.43. The van der Waals surface area contributed by atoms with Gasteiger partial charge in [-0.25, -0.2) is 0 Å². The molecule has 1 aromatic rings. The average molecular weight is 246 g/mol. The maximum atomic E-state index is 3.69. The first-order chi connectivity index (χ1) is 8.88. The molecule has 1 aliphatic heterocycles. The molecule has 1 N–H and O–H groups in total. The predicted octanol–water partition coefficient (Wildman–Crippen LogP) is 3.04. The Morgan fingerprint density at radius 2 is 2.00 bits per heavy atom. The maximum Gasteiger partial charge on any atom is 0.0234 e. The van der Waals surface area contributed by atoms with Crippen LogP contribution >= 0.6 is 0 Å². The number of hydrogen-bond acceptors (Lipinski definition) is 2. The normalized spacial score (nSPS) is 20.9. The second-order valence-corrected chi connectivity index (χ2v) is 5.31. The molecule has 1 heterocycles. The van der Waals surface area contributed by atoms with E-state index in [1.807, 2.05) is 0 Å². The molecule has 0 aliphatic carbocycles. The van der Waals surface area contributed by atoms with Gasteiger partial charge in [0.05, 0.1) is 0 Å². The number of hydrogen-bond donors (Lipinski definition) is 1. The molecule has 1 unspecified atom stereocenters. The molecular weight excluding hydrogens is 220 g/mol. The van der Waals surface area contributed by atoms with Crippen LogP contribution in [0.2, 0.25) is 0 Å². The van der Waals surface area contributed by atoms with E-state index in [0.717, 1.165) is 13.1 Å². The van der Waals surface area contributed by atoms with Gasteiger partial charge in [0.15, 0.2) is 0 Å². The zero-order valence-electron chi connectivity index (χ0n) is 11.6. The van der Waals surface area contributed by atoms with Crippen LogP contribution in [0.3, 0.4) is 0 Å². The highest BCUT2D eigenvalue weighted by molar-refractivity contribution is 5.14. The summed E-state index contributed by atoms with van der Waals surface area (Å²) >= 11 is 0. The minimum atomic E-state index is 0.691. The molecule has 0 spiro atoms. The average Bonchev–Trinajstić information content (AvgIpc) is 2.68. The second-order valence-electron chi connectivity index (χ2n) is 5.31. The van der Waals surface area contributed by atoms with Crippen molar-refractivity contribution in [1.82, 2.24) is 10.2 Å². The van der Waals surface area contributed by atoms with Crippen molar-refractivity contribution in [3.05, 3.63) is 35.9 Å². The summed E-state index contributed by atoms with van der Waals surface area (Å²) in [5.41, 5.74) is 1.42. The van der Waals surface area contributed by atoms with E-state index in [4.69, 9.17) is 0 Å². The van der Waals surface area contributed by atoms with Crippen molar-refractivity contribution in [3.63, 3.8) is 0 Å². The molecule has 1 fully saturated rings. The van der Waals surface area contributed by atoms with E-state index in [1.165, 1.54) is 44.3 Å². The predicted molar refractivity (Wildman–Crippen MR) is 77.7 cm³/mol. The molecule has 18 heavy (non-hydrogen) atoms. The largest absolute Gasteiger partial charge is 0.313 e. The third-order valence-electron chi connectivity index (χ3n) is 3.84. The SMILES string of the molecule is CCN(Cc1ccccc1)CC1CCCCCN1. The molecule has 0 bridgehead atoms. The molecule has 2 rings (SSSR count). The summed E-state index contributed by atoms with van der Waals surface area (Å²) in [7, 11) is 0. The lowest BCUT2D eigenvalue weighted by Crippen LogP contribution is -2.40. The highest BCUT2D eigenvalue weighted by atomic mass is 15.1. The highest BCUT2D eigenvalue weighted by Gasteiger charge is 2.14. The lowest BCUT2D eigenvalue weighted by molar-refractivity contribution is 0.242. The van der Waals surface area contributed by atoms with E-state index in [0.29, 0.717) is 6.04 Å². The van der Waals surface area contributed by atoms with Crippen LogP contribution in [0.1, 0.15) is 38.2 Å². The minimum absolute atomic E-state index is 0.691. The van der Waals surface area contributed by atoms with Gasteiger partial charge in [-0.2, -0.15) is 0 Å². The fourth-order valence-corrected chi connectivity index (χ4v) is 2.72. The highest BCUT2D eigenvalue weighted by Crippen LogP contribution is 2.11. The quantitative estimate of drug-likeness (QED) is 0.859. The molecule has 0 saturated carbocycles. The Morgan fingerprint density at radius 1 is 1.17 bits per heavy atom. The van der Waals surface area contributed by atoms with Crippen molar-refractivity contribution in [2.75, 3.05) is 19.6 Å². The van der Waals surface area contributed by atoms with E-state index in [1.54, 1.807) is 0 Å². The van der Waals surface area contributed by atoms with E-state index in [-0.39, 0.29) is 0 Å². The van der Waals surface area contributed by atoms with Crippen LogP contribution in [0.5, 0.6) is 0 Å². The Kier molecular flexibility index (Phi) is 5.69. The Morgan fingerprint density at radius 3 is 2.78 bits per heavy atom. The summed E-state index contributed by atoms with van der Waals surface area (Å²) in [5, 5.41) is 3.69. The zero-order valence-corrected chi connectivity index (χ0v) is 11.6. The molecule has 0 radical (unpaired) electrons. The Balaban J connectivity index is 1.84. The number of nitrogens with one attached hydrogen (secondary N) is 1. The van der Waals surface area contributed by atoms with Crippen LogP contribution in [0, 0.1) is 0 Å². The van der Waals surface area contributed by atoms with Crippen LogP contribution in [-0.4, -0.2) is 30.6 Å². The third-order valence-corrected chi connectivity index (χ3v) is 3.84. The molecule has 1 saturated heterocycles. The van der Waals surface area contributed by atoms with E-state index in [9.17, 15) is 0 Å². The monoisotopic (exact) mass is 246 g/mol. The van der Waals surface area contributed by atoms with E-state index >= 15 is 0 Å². The van der Waals surface area contributed by atoms with Gasteiger partial charge in [-0.05, 0) is 31.5 Å². The molecule has 2 nitrogen and oxygen atoms in total. The van der Waals surface area contributed by atoms with Crippen molar-refractivity contribution in [1.29, 1.82) is 0 Å². The van der Waals surface area contributed by atoms with Gasteiger partial charge in [0.2, 0.25) is 0 Å². The smallest absolute Gasteiger partial charge is 0.0234 e. The summed E-state index contributed by atoms with van der Waals surface area (Å²) in [6, 6.07) is 11.5. The van der Waals surface area contributed by atoms with Crippen LogP contribution in [-0.2, 0) is 6.54 Å². The molecule has 2 heteroatoms. The lowest BCUT2D eigenvalue weighted by atomic mass is 10.1. The molecule has 1 aromatic carbocycles. The van der Waals surface area contributed by atoms with Gasteiger partial charge in [-0.3, -0.25) is 4.90 Å². The van der Waals surface area contributed by atoms with Crippen LogP contribution < -0.4 is 5.32 Å². The first-order valence-electron chi connectivity index (χ1n) is 7.38. The fourth-order valence-electron chi connectivity index (χ4n) is 2.72. The van der Waals surface area contributed by atoms with Crippen molar-refractivity contribution in [2.24, 2.45) is 0 Å². The van der Waals surface area contributed by atoms with Gasteiger partial charge in [-0.1, -0.05) is 50.1 Å². The summed E-state index contributed by atoms with van der Waals surface area (Å²) in [6.07, 6.45) is 5.47. The van der Waals surface area contributed by atoms with Crippen molar-refractivity contribution in [2.45, 2.75) is 45.2 Å². The van der Waals surface area contributed by atoms with Gasteiger partial charge in [0, 0.05) is 19.1 Å². The maximum absolute atomic E-state index is 3.69. The summed E-state index contributed by atoms with van der Waals surface area (Å²) < 4.78 is 0. The van der Waals surface area contributed by atoms with Gasteiger partial charge in [0.1, 0.15) is 0 Å². The Bertz CT molecular complexity index is 315. The minimum Gasteiger partial charge on any atom is -0.313 e. The molecular formula is C16H26N2. The zero-order chi connectivity index (χ0) is 12.6. The van der Waals surface area contributed by atoms with Crippen LogP contribution in [0.4, 0.5) is 0 Å². The summed E-state index contributed by atoms with van der Waals surface area (Å²) in [5.74, 6) is 0. The van der Waals surface area contributed by atoms with Gasteiger partial charge >= 0.3 is 0 Å². The van der Waals surface area contributed by atoms with Crippen molar-refractivity contribution >= 4 is 0 Å². The van der Waals surface area contributed by atoms with Gasteiger partial charge in [-0.15, -0.1) is 0 Å². The molecule has 1 aliphatic rings. The molecule has 0 aromatic heterocycles. The lowest BCUT2D eigenvalue weighted by Gasteiger charge is -2.26. The Labute approximate surface area is 111 Å². The number of benzene rings is 1. The molecule has 1 atom stereocenters. The van der Waals surface area contributed by atoms with Gasteiger partial charge in [0.25, 0.3) is 0 Å². The van der Waals surface area contributed by atoms with Crippen LogP contribution in [0.25, 0.3) is 0 Å².